The molecule has 0 unspecified atom stereocenters. The minimum atomic E-state index is -0.544. The lowest BCUT2D eigenvalue weighted by Gasteiger charge is -2.04. The number of amides is 1. The minimum absolute atomic E-state index is 0.0397. The molecule has 0 aliphatic rings. The average Bonchev–Trinajstić information content (AvgIpc) is 2.73. The molecule has 0 aliphatic carbocycles. The molecule has 0 spiro atoms. The third-order valence-corrected chi connectivity index (χ3v) is 3.38. The molecular weight excluding hydrogens is 266 g/mol. The molecular formula is C12H11N3O3S. The number of para-hydroxylation sites is 1. The fourth-order valence-electron chi connectivity index (χ4n) is 1.66. The first-order chi connectivity index (χ1) is 8.99. The Bertz CT molecular complexity index is 651. The maximum absolute atomic E-state index is 12.1. The van der Waals surface area contributed by atoms with Gasteiger partial charge in [-0.15, -0.1) is 11.3 Å². The smallest absolute Gasteiger partial charge is 0.285 e. The number of carbonyl (C=O) groups is 1. The van der Waals surface area contributed by atoms with Gasteiger partial charge >= 0.3 is 0 Å². The number of benzene rings is 1. The number of nitro benzene ring substituents is 1. The lowest BCUT2D eigenvalue weighted by atomic mass is 10.1. The second kappa shape index (κ2) is 5.15. The number of nitrogens with zero attached hydrogens (tertiary/aromatic N) is 2. The Morgan fingerprint density at radius 1 is 1.42 bits per heavy atom. The van der Waals surface area contributed by atoms with Crippen LogP contribution in [0.3, 0.4) is 0 Å². The summed E-state index contributed by atoms with van der Waals surface area (Å²) in [5.41, 5.74) is 1.11. The van der Waals surface area contributed by atoms with Crippen molar-refractivity contribution < 1.29 is 9.72 Å². The van der Waals surface area contributed by atoms with Gasteiger partial charge in [0.1, 0.15) is 5.56 Å². The van der Waals surface area contributed by atoms with Gasteiger partial charge in [0.2, 0.25) is 0 Å². The molecule has 0 saturated carbocycles. The van der Waals surface area contributed by atoms with Crippen LogP contribution in [0, 0.1) is 24.0 Å². The number of hydrogen-bond donors (Lipinski definition) is 1. The van der Waals surface area contributed by atoms with Crippen LogP contribution in [0.5, 0.6) is 0 Å². The molecule has 1 aromatic carbocycles. The van der Waals surface area contributed by atoms with E-state index in [0.717, 1.165) is 5.69 Å². The van der Waals surface area contributed by atoms with Gasteiger partial charge in [0.25, 0.3) is 11.6 Å². The molecule has 0 atom stereocenters. The predicted octanol–water partition coefficient (Wildman–Crippen LogP) is 2.92. The molecule has 1 N–H and O–H groups in total. The number of aromatic nitrogens is 1. The molecule has 19 heavy (non-hydrogen) atoms. The van der Waals surface area contributed by atoms with Crippen LogP contribution in [0.15, 0.2) is 23.6 Å². The highest BCUT2D eigenvalue weighted by Gasteiger charge is 2.22. The van der Waals surface area contributed by atoms with Crippen molar-refractivity contribution in [1.29, 1.82) is 0 Å². The number of anilines is 1. The average molecular weight is 277 g/mol. The molecule has 0 bridgehead atoms. The van der Waals surface area contributed by atoms with E-state index in [-0.39, 0.29) is 11.3 Å². The van der Waals surface area contributed by atoms with E-state index in [9.17, 15) is 14.9 Å². The highest BCUT2D eigenvalue weighted by Crippen LogP contribution is 2.24. The maximum atomic E-state index is 12.1. The van der Waals surface area contributed by atoms with Gasteiger partial charge in [-0.05, 0) is 19.9 Å². The number of nitro groups is 1. The lowest BCUT2D eigenvalue weighted by molar-refractivity contribution is -0.385. The maximum Gasteiger partial charge on any atom is 0.285 e. The summed E-state index contributed by atoms with van der Waals surface area (Å²) in [6, 6.07) is 4.65. The van der Waals surface area contributed by atoms with Crippen molar-refractivity contribution in [2.24, 2.45) is 0 Å². The molecule has 6 nitrogen and oxygen atoms in total. The summed E-state index contributed by atoms with van der Waals surface area (Å²) in [4.78, 5) is 26.6. The normalized spacial score (nSPS) is 10.2. The number of nitrogens with one attached hydrogen (secondary N) is 1. The Kier molecular flexibility index (Phi) is 3.57. The van der Waals surface area contributed by atoms with E-state index in [1.807, 2.05) is 0 Å². The molecule has 98 valence electrons. The van der Waals surface area contributed by atoms with Gasteiger partial charge in [0, 0.05) is 10.9 Å². The van der Waals surface area contributed by atoms with Crippen LogP contribution in [0.25, 0.3) is 0 Å². The van der Waals surface area contributed by atoms with Crippen molar-refractivity contribution in [2.45, 2.75) is 13.8 Å². The quantitative estimate of drug-likeness (QED) is 0.690. The summed E-state index contributed by atoms with van der Waals surface area (Å²) < 4.78 is 0. The minimum Gasteiger partial charge on any atom is -0.298 e. The van der Waals surface area contributed by atoms with E-state index in [0.29, 0.717) is 10.7 Å². The van der Waals surface area contributed by atoms with E-state index >= 15 is 0 Å². The zero-order chi connectivity index (χ0) is 14.0. The number of carbonyl (C=O) groups excluding carboxylic acids is 1. The van der Waals surface area contributed by atoms with Gasteiger partial charge in [-0.25, -0.2) is 4.98 Å². The monoisotopic (exact) mass is 277 g/mol. The van der Waals surface area contributed by atoms with Crippen LogP contribution in [-0.4, -0.2) is 15.8 Å². The van der Waals surface area contributed by atoms with Gasteiger partial charge < -0.3 is 0 Å². The molecule has 1 amide bonds. The Hall–Kier alpha value is -2.28. The fourth-order valence-corrected chi connectivity index (χ4v) is 2.34. The van der Waals surface area contributed by atoms with Gasteiger partial charge in [-0.3, -0.25) is 20.2 Å². The van der Waals surface area contributed by atoms with Crippen molar-refractivity contribution in [3.05, 3.63) is 50.5 Å². The standard InChI is InChI=1S/C12H11N3O3S/c1-7-4-3-5-9(10(7)15(17)18)11(16)14-12-13-8(2)6-19-12/h3-6H,1-2H3,(H,13,14,16). The van der Waals surface area contributed by atoms with Crippen molar-refractivity contribution in [1.82, 2.24) is 4.98 Å². The van der Waals surface area contributed by atoms with Crippen LogP contribution in [0.2, 0.25) is 0 Å². The molecule has 2 rings (SSSR count). The highest BCUT2D eigenvalue weighted by molar-refractivity contribution is 7.13. The van der Waals surface area contributed by atoms with E-state index in [2.05, 4.69) is 10.3 Å². The Labute approximate surface area is 113 Å². The molecule has 7 heteroatoms. The van der Waals surface area contributed by atoms with E-state index < -0.39 is 10.8 Å². The van der Waals surface area contributed by atoms with Gasteiger partial charge in [0.15, 0.2) is 5.13 Å². The number of hydrogen-bond acceptors (Lipinski definition) is 5. The van der Waals surface area contributed by atoms with Crippen molar-refractivity contribution in [3.8, 4) is 0 Å². The van der Waals surface area contributed by atoms with Crippen molar-refractivity contribution in [3.63, 3.8) is 0 Å². The van der Waals surface area contributed by atoms with E-state index in [1.165, 1.54) is 17.4 Å². The molecule has 1 heterocycles. The second-order valence-electron chi connectivity index (χ2n) is 3.98. The SMILES string of the molecule is Cc1csc(NC(=O)c2cccc(C)c2[N+](=O)[O-])n1. The summed E-state index contributed by atoms with van der Waals surface area (Å²) in [6.45, 7) is 3.41. The van der Waals surface area contributed by atoms with Crippen molar-refractivity contribution in [2.75, 3.05) is 5.32 Å². The summed E-state index contributed by atoms with van der Waals surface area (Å²) in [5, 5.41) is 15.8. The molecule has 0 aliphatic heterocycles. The first-order valence-corrected chi connectivity index (χ1v) is 6.34. The molecule has 0 radical (unpaired) electrons. The lowest BCUT2D eigenvalue weighted by Crippen LogP contribution is -2.14. The first-order valence-electron chi connectivity index (χ1n) is 5.46. The van der Waals surface area contributed by atoms with E-state index in [1.54, 1.807) is 31.4 Å². The predicted molar refractivity (Wildman–Crippen MR) is 72.6 cm³/mol. The third-order valence-electron chi connectivity index (χ3n) is 2.50. The Morgan fingerprint density at radius 3 is 2.74 bits per heavy atom. The van der Waals surface area contributed by atoms with Crippen LogP contribution in [0.1, 0.15) is 21.6 Å². The molecule has 0 saturated heterocycles. The van der Waals surface area contributed by atoms with Gasteiger partial charge in [-0.2, -0.15) is 0 Å². The second-order valence-corrected chi connectivity index (χ2v) is 4.83. The Balaban J connectivity index is 2.34. The van der Waals surface area contributed by atoms with Crippen LogP contribution >= 0.6 is 11.3 Å². The fraction of sp³-hybridized carbons (Fsp3) is 0.167. The molecule has 2 aromatic rings. The van der Waals surface area contributed by atoms with Crippen LogP contribution in [0.4, 0.5) is 10.8 Å². The summed E-state index contributed by atoms with van der Waals surface area (Å²) in [5.74, 6) is -0.523. The Morgan fingerprint density at radius 2 is 2.16 bits per heavy atom. The van der Waals surface area contributed by atoms with Crippen molar-refractivity contribution >= 4 is 28.1 Å². The summed E-state index contributed by atoms with van der Waals surface area (Å²) in [6.07, 6.45) is 0. The zero-order valence-corrected chi connectivity index (χ0v) is 11.2. The topological polar surface area (TPSA) is 85.1 Å². The summed E-state index contributed by atoms with van der Waals surface area (Å²) >= 11 is 1.28. The molecule has 1 aromatic heterocycles. The molecule has 0 fully saturated rings. The van der Waals surface area contributed by atoms with Gasteiger partial charge in [-0.1, -0.05) is 12.1 Å². The summed E-state index contributed by atoms with van der Waals surface area (Å²) in [7, 11) is 0. The third kappa shape index (κ3) is 2.76. The van der Waals surface area contributed by atoms with Crippen LogP contribution < -0.4 is 5.32 Å². The number of rotatable bonds is 3. The van der Waals surface area contributed by atoms with Gasteiger partial charge in [0.05, 0.1) is 10.6 Å². The van der Waals surface area contributed by atoms with Crippen LogP contribution in [-0.2, 0) is 0 Å². The number of thiazole rings is 1. The number of aryl methyl sites for hydroxylation is 2. The van der Waals surface area contributed by atoms with E-state index in [4.69, 9.17) is 0 Å². The zero-order valence-electron chi connectivity index (χ0n) is 10.3. The largest absolute Gasteiger partial charge is 0.298 e. The highest BCUT2D eigenvalue weighted by atomic mass is 32.1. The first kappa shape index (κ1) is 13.2.